The maximum Gasteiger partial charge on any atom is 0.241 e. The van der Waals surface area contributed by atoms with Crippen LogP contribution in [0, 0.1) is 6.92 Å². The van der Waals surface area contributed by atoms with E-state index >= 15 is 0 Å². The third-order valence-corrected chi connectivity index (χ3v) is 5.34. The van der Waals surface area contributed by atoms with Crippen molar-refractivity contribution >= 4 is 15.9 Å². The minimum atomic E-state index is -3.64. The van der Waals surface area contributed by atoms with E-state index in [4.69, 9.17) is 4.42 Å². The highest BCUT2D eigenvalue weighted by Gasteiger charge is 2.32. The van der Waals surface area contributed by atoms with Gasteiger partial charge in [0.25, 0.3) is 0 Å². The largest absolute Gasteiger partial charge is 0.466 e. The number of hydrogen-bond acceptors (Lipinski definition) is 4. The van der Waals surface area contributed by atoms with Crippen LogP contribution in [0.25, 0.3) is 0 Å². The molecule has 0 unspecified atom stereocenters. The molecular weight excluding hydrogens is 316 g/mol. The van der Waals surface area contributed by atoms with E-state index in [2.05, 4.69) is 10.0 Å². The van der Waals surface area contributed by atoms with Crippen molar-refractivity contribution in [3.8, 4) is 0 Å². The van der Waals surface area contributed by atoms with Crippen LogP contribution in [-0.4, -0.2) is 26.9 Å². The summed E-state index contributed by atoms with van der Waals surface area (Å²) in [5.41, 5.74) is 0.660. The normalized spacial score (nSPS) is 19.1. The van der Waals surface area contributed by atoms with E-state index in [-0.39, 0.29) is 10.8 Å². The van der Waals surface area contributed by atoms with Crippen LogP contribution in [0.5, 0.6) is 0 Å². The summed E-state index contributed by atoms with van der Waals surface area (Å²) < 4.78 is 32.2. The second-order valence-electron chi connectivity index (χ2n) is 5.54. The van der Waals surface area contributed by atoms with Gasteiger partial charge in [-0.3, -0.25) is 4.79 Å². The summed E-state index contributed by atoms with van der Waals surface area (Å²) in [4.78, 5) is 12.5. The predicted molar refractivity (Wildman–Crippen MR) is 84.4 cm³/mol. The first-order valence-corrected chi connectivity index (χ1v) is 8.87. The average Bonchev–Trinajstić information content (AvgIpc) is 2.92. The molecule has 0 aliphatic carbocycles. The molecule has 0 saturated heterocycles. The van der Waals surface area contributed by atoms with Crippen molar-refractivity contribution < 1.29 is 17.6 Å². The van der Waals surface area contributed by atoms with Crippen molar-refractivity contribution in [1.29, 1.82) is 0 Å². The van der Waals surface area contributed by atoms with E-state index in [9.17, 15) is 13.2 Å². The van der Waals surface area contributed by atoms with Crippen LogP contribution < -0.4 is 10.0 Å². The maximum absolute atomic E-state index is 12.2. The Bertz CT molecular complexity index is 826. The van der Waals surface area contributed by atoms with Crippen LogP contribution >= 0.6 is 0 Å². The standard InChI is InChI=1S/C16H18N2O4S/c1-11-6-7-13(22-11)8-9-17-16(19)14-10-12-4-2-3-5-15(12)23(20,21)18-14/h2-7,14,18H,8-10H2,1H3,(H,17,19)/t14-/m0/s1. The molecule has 0 saturated carbocycles. The van der Waals surface area contributed by atoms with Crippen LogP contribution in [0.4, 0.5) is 0 Å². The molecule has 3 rings (SSSR count). The number of furan rings is 1. The first-order chi connectivity index (χ1) is 11.0. The number of rotatable bonds is 4. The van der Waals surface area contributed by atoms with Gasteiger partial charge in [-0.15, -0.1) is 0 Å². The minimum Gasteiger partial charge on any atom is -0.466 e. The van der Waals surface area contributed by atoms with Crippen LogP contribution in [0.15, 0.2) is 45.7 Å². The van der Waals surface area contributed by atoms with Gasteiger partial charge in [-0.2, -0.15) is 4.72 Å². The Kier molecular flexibility index (Phi) is 4.23. The number of hydrogen-bond donors (Lipinski definition) is 2. The highest BCUT2D eigenvalue weighted by molar-refractivity contribution is 7.89. The van der Waals surface area contributed by atoms with Gasteiger partial charge in [-0.1, -0.05) is 18.2 Å². The van der Waals surface area contributed by atoms with E-state index < -0.39 is 16.1 Å². The Morgan fingerprint density at radius 1 is 1.30 bits per heavy atom. The summed E-state index contributed by atoms with van der Waals surface area (Å²) in [5, 5.41) is 2.75. The third kappa shape index (κ3) is 3.46. The SMILES string of the molecule is Cc1ccc(CCNC(=O)[C@@H]2Cc3ccccc3S(=O)(=O)N2)o1. The molecule has 0 radical (unpaired) electrons. The van der Waals surface area contributed by atoms with Crippen LogP contribution in [-0.2, 0) is 27.7 Å². The number of carbonyl (C=O) groups excluding carboxylic acids is 1. The van der Waals surface area contributed by atoms with E-state index in [0.717, 1.165) is 11.5 Å². The molecule has 2 N–H and O–H groups in total. The van der Waals surface area contributed by atoms with E-state index in [1.807, 2.05) is 19.1 Å². The Balaban J connectivity index is 1.63. The summed E-state index contributed by atoms with van der Waals surface area (Å²) in [6, 6.07) is 9.67. The summed E-state index contributed by atoms with van der Waals surface area (Å²) in [5.74, 6) is 1.28. The second-order valence-corrected chi connectivity index (χ2v) is 7.22. The molecule has 122 valence electrons. The zero-order valence-electron chi connectivity index (χ0n) is 12.7. The summed E-state index contributed by atoms with van der Waals surface area (Å²) in [6.45, 7) is 2.25. The Morgan fingerprint density at radius 3 is 2.83 bits per heavy atom. The Hall–Kier alpha value is -2.12. The highest BCUT2D eigenvalue weighted by atomic mass is 32.2. The van der Waals surface area contributed by atoms with Gasteiger partial charge in [0.2, 0.25) is 15.9 Å². The van der Waals surface area contributed by atoms with Crippen molar-refractivity contribution in [2.75, 3.05) is 6.54 Å². The lowest BCUT2D eigenvalue weighted by Crippen LogP contribution is -2.50. The van der Waals surface area contributed by atoms with Crippen LogP contribution in [0.3, 0.4) is 0 Å². The molecule has 1 aromatic heterocycles. The van der Waals surface area contributed by atoms with Gasteiger partial charge in [-0.25, -0.2) is 8.42 Å². The zero-order valence-corrected chi connectivity index (χ0v) is 13.5. The fraction of sp³-hybridized carbons (Fsp3) is 0.312. The molecule has 2 heterocycles. The molecular formula is C16H18N2O4S. The number of amides is 1. The van der Waals surface area contributed by atoms with Gasteiger partial charge in [-0.05, 0) is 37.1 Å². The second kappa shape index (κ2) is 6.17. The first kappa shape index (κ1) is 15.8. The van der Waals surface area contributed by atoms with Gasteiger partial charge >= 0.3 is 0 Å². The van der Waals surface area contributed by atoms with E-state index in [1.165, 1.54) is 0 Å². The van der Waals surface area contributed by atoms with E-state index in [1.54, 1.807) is 24.3 Å². The Labute approximate surface area is 134 Å². The zero-order chi connectivity index (χ0) is 16.4. The molecule has 2 aromatic rings. The van der Waals surface area contributed by atoms with Crippen LogP contribution in [0.1, 0.15) is 17.1 Å². The van der Waals surface area contributed by atoms with E-state index in [0.29, 0.717) is 24.9 Å². The third-order valence-electron chi connectivity index (χ3n) is 3.77. The predicted octanol–water partition coefficient (Wildman–Crippen LogP) is 1.15. The molecule has 0 fully saturated rings. The number of sulfonamides is 1. The van der Waals surface area contributed by atoms with Gasteiger partial charge in [0.05, 0.1) is 4.90 Å². The van der Waals surface area contributed by atoms with Crippen LogP contribution in [0.2, 0.25) is 0 Å². The average molecular weight is 334 g/mol. The lowest BCUT2D eigenvalue weighted by Gasteiger charge is -2.25. The number of benzene rings is 1. The van der Waals surface area contributed by atoms with Crippen molar-refractivity contribution in [1.82, 2.24) is 10.0 Å². The number of carbonyl (C=O) groups is 1. The molecule has 23 heavy (non-hydrogen) atoms. The van der Waals surface area contributed by atoms with Gasteiger partial charge < -0.3 is 9.73 Å². The highest BCUT2D eigenvalue weighted by Crippen LogP contribution is 2.22. The number of fused-ring (bicyclic) bond motifs is 1. The van der Waals surface area contributed by atoms with Crippen molar-refractivity contribution in [3.05, 3.63) is 53.5 Å². The maximum atomic E-state index is 12.2. The molecule has 1 aliphatic rings. The monoisotopic (exact) mass is 334 g/mol. The van der Waals surface area contributed by atoms with Gasteiger partial charge in [0.1, 0.15) is 17.6 Å². The molecule has 0 spiro atoms. The molecule has 1 atom stereocenters. The fourth-order valence-corrected chi connectivity index (χ4v) is 4.09. The molecule has 6 nitrogen and oxygen atoms in total. The number of nitrogens with one attached hydrogen (secondary N) is 2. The summed E-state index contributed by atoms with van der Waals surface area (Å²) in [6.07, 6.45) is 0.913. The van der Waals surface area contributed by atoms with Crippen molar-refractivity contribution in [2.24, 2.45) is 0 Å². The minimum absolute atomic E-state index is 0.245. The molecule has 0 bridgehead atoms. The quantitative estimate of drug-likeness (QED) is 0.878. The molecule has 7 heteroatoms. The summed E-state index contributed by atoms with van der Waals surface area (Å²) in [7, 11) is -3.64. The summed E-state index contributed by atoms with van der Waals surface area (Å²) >= 11 is 0. The van der Waals surface area contributed by atoms with Gasteiger partial charge in [0, 0.05) is 13.0 Å². The molecule has 1 aromatic carbocycles. The Morgan fingerprint density at radius 2 is 2.09 bits per heavy atom. The number of aryl methyl sites for hydroxylation is 1. The van der Waals surface area contributed by atoms with Crippen molar-refractivity contribution in [3.63, 3.8) is 0 Å². The topological polar surface area (TPSA) is 88.4 Å². The van der Waals surface area contributed by atoms with Gasteiger partial charge in [0.15, 0.2) is 0 Å². The molecule has 1 aliphatic heterocycles. The lowest BCUT2D eigenvalue weighted by molar-refractivity contribution is -0.122. The molecule has 1 amide bonds. The first-order valence-electron chi connectivity index (χ1n) is 7.39. The lowest BCUT2D eigenvalue weighted by atomic mass is 10.1. The smallest absolute Gasteiger partial charge is 0.241 e. The fourth-order valence-electron chi connectivity index (χ4n) is 2.64. The van der Waals surface area contributed by atoms with Crippen molar-refractivity contribution in [2.45, 2.75) is 30.7 Å².